The Kier molecular flexibility index (Phi) is 16.2. The number of pyridine rings is 1. The van der Waals surface area contributed by atoms with E-state index in [2.05, 4.69) is 55.1 Å². The molecule has 1 aromatic rings. The van der Waals surface area contributed by atoms with E-state index < -0.39 is 0 Å². The van der Waals surface area contributed by atoms with Crippen LogP contribution in [0.4, 0.5) is 0 Å². The highest BCUT2D eigenvalue weighted by Crippen LogP contribution is 2.10. The van der Waals surface area contributed by atoms with Crippen LogP contribution in [0.1, 0.15) is 116 Å². The summed E-state index contributed by atoms with van der Waals surface area (Å²) >= 11 is 0. The van der Waals surface area contributed by atoms with E-state index >= 15 is 0 Å². The van der Waals surface area contributed by atoms with E-state index in [0.717, 1.165) is 0 Å². The van der Waals surface area contributed by atoms with Crippen LogP contribution < -0.4 is 4.57 Å². The smallest absolute Gasteiger partial charge is 0.169 e. The molecule has 0 aliphatic heterocycles. The molecule has 0 unspecified atom stereocenters. The van der Waals surface area contributed by atoms with E-state index in [1.54, 1.807) is 0 Å². The highest BCUT2D eigenvalue weighted by molar-refractivity contribution is 5.06. The van der Waals surface area contributed by atoms with Crippen molar-refractivity contribution in [1.29, 1.82) is 0 Å². The Morgan fingerprint density at radius 3 is 1.70 bits per heavy atom. The van der Waals surface area contributed by atoms with E-state index in [-0.39, 0.29) is 0 Å². The molecule has 0 bridgehead atoms. The molecule has 0 atom stereocenters. The molecule has 0 aliphatic carbocycles. The third kappa shape index (κ3) is 14.6. The molecule has 0 radical (unpaired) electrons. The van der Waals surface area contributed by atoms with Gasteiger partial charge in [0.15, 0.2) is 12.4 Å². The third-order valence-corrected chi connectivity index (χ3v) is 5.43. The molecule has 0 saturated carbocycles. The van der Waals surface area contributed by atoms with Gasteiger partial charge in [-0.25, -0.2) is 4.57 Å². The summed E-state index contributed by atoms with van der Waals surface area (Å²) < 4.78 is 2.34. The lowest BCUT2D eigenvalue weighted by atomic mass is 10.1. The van der Waals surface area contributed by atoms with Gasteiger partial charge < -0.3 is 0 Å². The van der Waals surface area contributed by atoms with E-state index in [1.165, 1.54) is 115 Å². The van der Waals surface area contributed by atoms with Crippen molar-refractivity contribution >= 4 is 0 Å². The molecule has 0 N–H and O–H groups in total. The Balaban J connectivity index is 1.84. The fourth-order valence-electron chi connectivity index (χ4n) is 3.63. The molecule has 0 amide bonds. The van der Waals surface area contributed by atoms with Gasteiger partial charge in [-0.1, -0.05) is 83.8 Å². The monoisotopic (exact) mass is 372 g/mol. The fourth-order valence-corrected chi connectivity index (χ4v) is 3.63. The Labute approximate surface area is 170 Å². The Hall–Kier alpha value is -1.11. The van der Waals surface area contributed by atoms with Crippen LogP contribution in [0.2, 0.25) is 0 Å². The summed E-state index contributed by atoms with van der Waals surface area (Å²) in [5.41, 5.74) is 1.47. The van der Waals surface area contributed by atoms with Crippen molar-refractivity contribution in [1.82, 2.24) is 0 Å². The summed E-state index contributed by atoms with van der Waals surface area (Å²) in [5.74, 6) is 0. The van der Waals surface area contributed by atoms with Gasteiger partial charge in [0.1, 0.15) is 6.54 Å². The fraction of sp³-hybridized carbons (Fsp3) is 0.731. The molecule has 0 spiro atoms. The van der Waals surface area contributed by atoms with Gasteiger partial charge in [0.25, 0.3) is 0 Å². The predicted octanol–water partition coefficient (Wildman–Crippen LogP) is 7.96. The first-order chi connectivity index (χ1) is 13.4. The lowest BCUT2D eigenvalue weighted by molar-refractivity contribution is -0.697. The van der Waals surface area contributed by atoms with E-state index in [4.69, 9.17) is 0 Å². The predicted molar refractivity (Wildman–Crippen MR) is 120 cm³/mol. The summed E-state index contributed by atoms with van der Waals surface area (Å²) in [6.07, 6.45) is 31.1. The van der Waals surface area contributed by atoms with E-state index in [0.29, 0.717) is 0 Å². The van der Waals surface area contributed by atoms with Gasteiger partial charge in [-0.3, -0.25) is 0 Å². The number of hydrogen-bond donors (Lipinski definition) is 0. The van der Waals surface area contributed by atoms with Crippen LogP contribution in [0.15, 0.2) is 36.7 Å². The zero-order valence-electron chi connectivity index (χ0n) is 18.4. The molecule has 0 aromatic carbocycles. The Morgan fingerprint density at radius 2 is 1.15 bits per heavy atom. The Bertz CT molecular complexity index is 446. The highest BCUT2D eigenvalue weighted by Gasteiger charge is 2.00. The van der Waals surface area contributed by atoms with Crippen LogP contribution in [0.5, 0.6) is 0 Å². The molecule has 1 heterocycles. The van der Waals surface area contributed by atoms with Gasteiger partial charge in [-0.2, -0.15) is 0 Å². The highest BCUT2D eigenvalue weighted by atomic mass is 14.9. The molecule has 0 saturated heterocycles. The molecule has 0 fully saturated rings. The first-order valence-electron chi connectivity index (χ1n) is 12.0. The summed E-state index contributed by atoms with van der Waals surface area (Å²) in [6.45, 7) is 5.70. The number of allylic oxidation sites excluding steroid dienone is 2. The van der Waals surface area contributed by atoms with Crippen molar-refractivity contribution in [3.63, 3.8) is 0 Å². The van der Waals surface area contributed by atoms with Crippen LogP contribution in [-0.2, 0) is 13.0 Å². The van der Waals surface area contributed by atoms with Gasteiger partial charge in [-0.15, -0.1) is 0 Å². The summed E-state index contributed by atoms with van der Waals surface area (Å²) in [7, 11) is 0. The molecule has 1 nitrogen and oxygen atoms in total. The van der Waals surface area contributed by atoms with Gasteiger partial charge in [0, 0.05) is 18.6 Å². The van der Waals surface area contributed by atoms with Crippen LogP contribution in [0.25, 0.3) is 0 Å². The molecule has 0 aliphatic rings. The maximum Gasteiger partial charge on any atom is 0.169 e. The molecule has 154 valence electrons. The van der Waals surface area contributed by atoms with Crippen LogP contribution >= 0.6 is 0 Å². The average Bonchev–Trinajstić information content (AvgIpc) is 2.69. The first kappa shape index (κ1) is 23.9. The van der Waals surface area contributed by atoms with Gasteiger partial charge in [0.2, 0.25) is 0 Å². The van der Waals surface area contributed by atoms with E-state index in [9.17, 15) is 0 Å². The average molecular weight is 373 g/mol. The second kappa shape index (κ2) is 18.3. The van der Waals surface area contributed by atoms with Crippen molar-refractivity contribution < 1.29 is 4.57 Å². The molecule has 1 aromatic heterocycles. The zero-order valence-corrected chi connectivity index (χ0v) is 18.4. The van der Waals surface area contributed by atoms with E-state index in [1.807, 2.05) is 0 Å². The third-order valence-electron chi connectivity index (χ3n) is 5.43. The van der Waals surface area contributed by atoms with Crippen molar-refractivity contribution in [2.45, 2.75) is 123 Å². The minimum Gasteiger partial charge on any atom is -0.205 e. The zero-order chi connectivity index (χ0) is 19.4. The number of aromatic nitrogens is 1. The number of nitrogens with zero attached hydrogens (tertiary/aromatic N) is 1. The molecule has 27 heavy (non-hydrogen) atoms. The molecular formula is C26H46N+. The van der Waals surface area contributed by atoms with Gasteiger partial charge in [-0.05, 0) is 44.1 Å². The lowest BCUT2D eigenvalue weighted by Crippen LogP contribution is -2.32. The van der Waals surface area contributed by atoms with Crippen LogP contribution in [0, 0.1) is 0 Å². The standard InChI is InChI=1S/C26H46N/c1-3-5-6-7-8-9-10-11-12-13-14-15-16-17-18-19-23-27-24-21-26(20-4-2)22-25-27/h11-12,21-22,24-25H,3-10,13-20,23H2,1-2H3/q+1/b12-11-. The number of unbranched alkanes of at least 4 members (excludes halogenated alkanes) is 12. The molecule has 1 heteroatoms. The van der Waals surface area contributed by atoms with Gasteiger partial charge >= 0.3 is 0 Å². The van der Waals surface area contributed by atoms with Crippen molar-refractivity contribution in [3.05, 3.63) is 42.2 Å². The second-order valence-electron chi connectivity index (χ2n) is 8.13. The van der Waals surface area contributed by atoms with Gasteiger partial charge in [0.05, 0.1) is 0 Å². The number of rotatable bonds is 18. The van der Waals surface area contributed by atoms with Crippen molar-refractivity contribution in [2.24, 2.45) is 0 Å². The number of hydrogen-bond acceptors (Lipinski definition) is 0. The topological polar surface area (TPSA) is 3.88 Å². The van der Waals surface area contributed by atoms with Crippen LogP contribution in [-0.4, -0.2) is 0 Å². The molecular weight excluding hydrogens is 326 g/mol. The second-order valence-corrected chi connectivity index (χ2v) is 8.13. The summed E-state index contributed by atoms with van der Waals surface area (Å²) in [6, 6.07) is 4.56. The maximum absolute atomic E-state index is 2.42. The SMILES string of the molecule is CCCCCCCC/C=C\CCCCCCCC[n+]1ccc(CCC)cc1. The van der Waals surface area contributed by atoms with Crippen molar-refractivity contribution in [2.75, 3.05) is 0 Å². The van der Waals surface area contributed by atoms with Crippen LogP contribution in [0.3, 0.4) is 0 Å². The largest absolute Gasteiger partial charge is 0.205 e. The maximum atomic E-state index is 2.42. The molecule has 1 rings (SSSR count). The Morgan fingerprint density at radius 1 is 0.630 bits per heavy atom. The normalized spacial score (nSPS) is 11.5. The number of aryl methyl sites for hydroxylation is 2. The summed E-state index contributed by atoms with van der Waals surface area (Å²) in [4.78, 5) is 0. The first-order valence-corrected chi connectivity index (χ1v) is 12.0. The summed E-state index contributed by atoms with van der Waals surface area (Å²) in [5, 5.41) is 0. The minimum absolute atomic E-state index is 1.17. The quantitative estimate of drug-likeness (QED) is 0.140. The lowest BCUT2D eigenvalue weighted by Gasteiger charge is -2.01. The minimum atomic E-state index is 1.17. The van der Waals surface area contributed by atoms with Crippen molar-refractivity contribution in [3.8, 4) is 0 Å².